The van der Waals surface area contributed by atoms with Gasteiger partial charge in [0.2, 0.25) is 10.0 Å². The maximum absolute atomic E-state index is 11.8. The topological polar surface area (TPSA) is 142 Å². The van der Waals surface area contributed by atoms with Crippen molar-refractivity contribution in [1.82, 2.24) is 24.2 Å². The van der Waals surface area contributed by atoms with Gasteiger partial charge in [-0.1, -0.05) is 0 Å². The average Bonchev–Trinajstić information content (AvgIpc) is 3.26. The van der Waals surface area contributed by atoms with Gasteiger partial charge in [-0.25, -0.2) is 23.4 Å². The second kappa shape index (κ2) is 9.74. The number of hydrogen-bond donors (Lipinski definition) is 2. The number of hydrogen-bond acceptors (Lipinski definition) is 11. The minimum Gasteiger partial charge on any atom is -0.383 e. The van der Waals surface area contributed by atoms with Gasteiger partial charge in [-0.2, -0.15) is 4.31 Å². The monoisotopic (exact) mass is 516 g/mol. The molecule has 0 aliphatic carbocycles. The van der Waals surface area contributed by atoms with Gasteiger partial charge in [0.1, 0.15) is 16.5 Å². The molecule has 35 heavy (non-hydrogen) atoms. The molecular formula is C22H28N8O3S2. The Kier molecular flexibility index (Phi) is 6.68. The highest BCUT2D eigenvalue weighted by Gasteiger charge is 2.25. The number of nitrogens with zero attached hydrogens (tertiary/aromatic N) is 6. The number of thiophene rings is 1. The summed E-state index contributed by atoms with van der Waals surface area (Å²) in [6.07, 6.45) is 4.09. The van der Waals surface area contributed by atoms with E-state index in [2.05, 4.69) is 20.9 Å². The highest BCUT2D eigenvalue weighted by atomic mass is 32.2. The van der Waals surface area contributed by atoms with Crippen LogP contribution in [0.2, 0.25) is 0 Å². The smallest absolute Gasteiger partial charge is 0.211 e. The van der Waals surface area contributed by atoms with Crippen LogP contribution in [0.25, 0.3) is 21.6 Å². The summed E-state index contributed by atoms with van der Waals surface area (Å²) in [5, 5.41) is 8.60. The summed E-state index contributed by atoms with van der Waals surface area (Å²) in [5.74, 6) is 1.71. The fourth-order valence-electron chi connectivity index (χ4n) is 4.35. The minimum atomic E-state index is -3.15. The number of nitrogen functional groups attached to an aromatic ring is 1. The minimum absolute atomic E-state index is 0.299. The predicted octanol–water partition coefficient (Wildman–Crippen LogP) is 1.25. The second-order valence-electron chi connectivity index (χ2n) is 8.68. The molecule has 0 bridgehead atoms. The molecule has 2 aliphatic heterocycles. The Hall–Kier alpha value is -2.71. The molecule has 2 saturated heterocycles. The van der Waals surface area contributed by atoms with Crippen LogP contribution in [0.4, 0.5) is 11.6 Å². The fourth-order valence-corrected chi connectivity index (χ4v) is 6.24. The number of morpholine rings is 1. The molecule has 0 aromatic carbocycles. The van der Waals surface area contributed by atoms with E-state index in [9.17, 15) is 8.42 Å². The predicted molar refractivity (Wildman–Crippen MR) is 138 cm³/mol. The highest BCUT2D eigenvalue weighted by Crippen LogP contribution is 2.34. The van der Waals surface area contributed by atoms with Gasteiger partial charge in [0.05, 0.1) is 24.9 Å². The average molecular weight is 517 g/mol. The molecule has 11 nitrogen and oxygen atoms in total. The molecule has 0 amide bonds. The zero-order valence-electron chi connectivity index (χ0n) is 19.5. The summed E-state index contributed by atoms with van der Waals surface area (Å²) in [4.78, 5) is 20.5. The Labute approximate surface area is 208 Å². The normalized spacial score (nSPS) is 18.3. The lowest BCUT2D eigenvalue weighted by Crippen LogP contribution is -2.47. The summed E-state index contributed by atoms with van der Waals surface area (Å²) in [7, 11) is -3.15. The molecule has 13 heteroatoms. The number of rotatable bonds is 6. The maximum atomic E-state index is 11.8. The van der Waals surface area contributed by atoms with Crippen molar-refractivity contribution >= 4 is 49.4 Å². The van der Waals surface area contributed by atoms with Gasteiger partial charge in [-0.15, -0.1) is 11.3 Å². The van der Waals surface area contributed by atoms with Gasteiger partial charge in [0.15, 0.2) is 5.82 Å². The molecule has 0 atom stereocenters. The zero-order chi connectivity index (χ0) is 24.6. The summed E-state index contributed by atoms with van der Waals surface area (Å²) < 4.78 is 30.7. The van der Waals surface area contributed by atoms with E-state index in [1.807, 2.05) is 0 Å². The van der Waals surface area contributed by atoms with Gasteiger partial charge in [0.25, 0.3) is 0 Å². The van der Waals surface area contributed by atoms with E-state index in [4.69, 9.17) is 25.8 Å². The number of ether oxygens (including phenoxy) is 1. The van der Waals surface area contributed by atoms with E-state index in [0.29, 0.717) is 62.2 Å². The lowest BCUT2D eigenvalue weighted by atomic mass is 10.2. The molecule has 186 valence electrons. The van der Waals surface area contributed by atoms with Crippen molar-refractivity contribution in [1.29, 1.82) is 5.41 Å². The third kappa shape index (κ3) is 5.14. The highest BCUT2D eigenvalue weighted by molar-refractivity contribution is 7.88. The molecule has 0 radical (unpaired) electrons. The first kappa shape index (κ1) is 24.0. The van der Waals surface area contributed by atoms with Gasteiger partial charge >= 0.3 is 0 Å². The molecular weight excluding hydrogens is 488 g/mol. The van der Waals surface area contributed by atoms with Crippen molar-refractivity contribution in [3.05, 3.63) is 28.8 Å². The molecule has 3 aromatic rings. The number of nitrogens with two attached hydrogens (primary N) is 1. The largest absolute Gasteiger partial charge is 0.383 e. The first-order valence-electron chi connectivity index (χ1n) is 11.4. The Morgan fingerprint density at radius 1 is 1.14 bits per heavy atom. The fraction of sp³-hybridized carbons (Fsp3) is 0.455. The van der Waals surface area contributed by atoms with Crippen LogP contribution in [0.1, 0.15) is 10.4 Å². The van der Waals surface area contributed by atoms with E-state index in [-0.39, 0.29) is 0 Å². The van der Waals surface area contributed by atoms with E-state index < -0.39 is 10.0 Å². The summed E-state index contributed by atoms with van der Waals surface area (Å²) in [6, 6.07) is 3.94. The van der Waals surface area contributed by atoms with Crippen molar-refractivity contribution < 1.29 is 13.2 Å². The molecule has 0 saturated carbocycles. The Morgan fingerprint density at radius 3 is 2.57 bits per heavy atom. The Morgan fingerprint density at radius 2 is 1.89 bits per heavy atom. The van der Waals surface area contributed by atoms with Crippen molar-refractivity contribution in [2.45, 2.75) is 6.54 Å². The summed E-state index contributed by atoms with van der Waals surface area (Å²) in [6.45, 7) is 5.91. The number of fused-ring (bicyclic) bond motifs is 1. The third-order valence-corrected chi connectivity index (χ3v) is 8.59. The van der Waals surface area contributed by atoms with Crippen LogP contribution < -0.4 is 10.6 Å². The number of piperazine rings is 1. The molecule has 5 heterocycles. The van der Waals surface area contributed by atoms with Crippen LogP contribution in [0.3, 0.4) is 0 Å². The SMILES string of the molecule is CS(=O)(=O)N1CCN(Cc2cc3c(N4CCOCC4)nc(-c4cnc(N)c(C=N)c4)nc3s2)CC1. The number of pyridine rings is 1. The van der Waals surface area contributed by atoms with Crippen LogP contribution >= 0.6 is 11.3 Å². The molecule has 0 spiro atoms. The van der Waals surface area contributed by atoms with Crippen molar-refractivity contribution in [3.63, 3.8) is 0 Å². The van der Waals surface area contributed by atoms with Crippen LogP contribution in [0.15, 0.2) is 18.3 Å². The van der Waals surface area contributed by atoms with Gasteiger partial charge in [-0.3, -0.25) is 4.90 Å². The van der Waals surface area contributed by atoms with Gasteiger partial charge < -0.3 is 20.8 Å². The quantitative estimate of drug-likeness (QED) is 0.463. The van der Waals surface area contributed by atoms with Crippen LogP contribution in [0.5, 0.6) is 0 Å². The standard InChI is InChI=1S/C22H28N8O3S2/c1-35(31,32)30-4-2-28(3-5-30)14-17-11-18-21(29-6-8-33-9-7-29)26-20(27-22(18)34-17)16-10-15(12-23)19(24)25-13-16/h10-13,23H,2-9,14H2,1H3,(H2,24,25). The molecule has 5 rings (SSSR count). The maximum Gasteiger partial charge on any atom is 0.211 e. The van der Waals surface area contributed by atoms with Crippen LogP contribution in [-0.4, -0.2) is 97.5 Å². The summed E-state index contributed by atoms with van der Waals surface area (Å²) in [5.41, 5.74) is 7.11. The first-order valence-corrected chi connectivity index (χ1v) is 14.1. The van der Waals surface area contributed by atoms with Crippen LogP contribution in [-0.2, 0) is 21.3 Å². The van der Waals surface area contributed by atoms with Gasteiger partial charge in [0, 0.05) is 74.2 Å². The van der Waals surface area contributed by atoms with Crippen molar-refractivity contribution in [2.24, 2.45) is 0 Å². The molecule has 0 unspecified atom stereocenters. The molecule has 2 fully saturated rings. The Balaban J connectivity index is 1.48. The van der Waals surface area contributed by atoms with E-state index >= 15 is 0 Å². The lowest BCUT2D eigenvalue weighted by Gasteiger charge is -2.32. The first-order chi connectivity index (χ1) is 16.8. The number of nitrogens with one attached hydrogen (secondary N) is 1. The zero-order valence-corrected chi connectivity index (χ0v) is 21.1. The molecule has 3 aromatic heterocycles. The number of aromatic nitrogens is 3. The van der Waals surface area contributed by atoms with E-state index in [1.54, 1.807) is 23.6 Å². The van der Waals surface area contributed by atoms with Gasteiger partial charge in [-0.05, 0) is 12.1 Å². The lowest BCUT2D eigenvalue weighted by molar-refractivity contribution is 0.122. The summed E-state index contributed by atoms with van der Waals surface area (Å²) >= 11 is 1.62. The Bertz CT molecular complexity index is 1350. The van der Waals surface area contributed by atoms with Crippen molar-refractivity contribution in [3.8, 4) is 11.4 Å². The number of anilines is 2. The van der Waals surface area contributed by atoms with Crippen LogP contribution in [0, 0.1) is 5.41 Å². The molecule has 3 N–H and O–H groups in total. The number of sulfonamides is 1. The third-order valence-electron chi connectivity index (χ3n) is 6.28. The molecule has 2 aliphatic rings. The van der Waals surface area contributed by atoms with E-state index in [0.717, 1.165) is 40.5 Å². The second-order valence-corrected chi connectivity index (χ2v) is 11.8. The van der Waals surface area contributed by atoms with E-state index in [1.165, 1.54) is 16.8 Å². The van der Waals surface area contributed by atoms with Crippen molar-refractivity contribution in [2.75, 3.05) is 69.4 Å².